The van der Waals surface area contributed by atoms with Crippen LogP contribution >= 0.6 is 0 Å². The Labute approximate surface area is 159 Å². The largest absolute Gasteiger partial charge is 0.497 e. The van der Waals surface area contributed by atoms with E-state index in [2.05, 4.69) is 9.12 Å². The third-order valence-electron chi connectivity index (χ3n) is 4.03. The van der Waals surface area contributed by atoms with Crippen LogP contribution in [0.1, 0.15) is 18.4 Å². The monoisotopic (exact) mass is 408 g/mol. The van der Waals surface area contributed by atoms with Gasteiger partial charge in [-0.2, -0.15) is 12.8 Å². The zero-order valence-electron chi connectivity index (χ0n) is 14.7. The number of nitrogens with one attached hydrogen (secondary N) is 1. The summed E-state index contributed by atoms with van der Waals surface area (Å²) in [5.74, 6) is 0.717. The molecule has 1 aliphatic rings. The Hall–Kier alpha value is -2.23. The predicted molar refractivity (Wildman–Crippen MR) is 102 cm³/mol. The molecule has 1 aliphatic carbocycles. The number of nitrogens with zero attached hydrogens (tertiary/aromatic N) is 1. The summed E-state index contributed by atoms with van der Waals surface area (Å²) >= 11 is 0. The molecule has 0 spiro atoms. The van der Waals surface area contributed by atoms with Gasteiger partial charge in [0.05, 0.1) is 16.9 Å². The average Bonchev–Trinajstić information content (AvgIpc) is 3.45. The molecule has 1 saturated carbocycles. The van der Waals surface area contributed by atoms with Gasteiger partial charge in [-0.1, -0.05) is 12.1 Å². The van der Waals surface area contributed by atoms with E-state index in [0.717, 1.165) is 24.2 Å². The minimum absolute atomic E-state index is 0.0130. The van der Waals surface area contributed by atoms with E-state index in [4.69, 9.17) is 4.74 Å². The SMILES string of the molecule is COc1ccc(C/C=N/S(=O)(=O)c2ccc(S(=O)(=O)NC3CC3)cc2)cc1. The van der Waals surface area contributed by atoms with Gasteiger partial charge in [0.25, 0.3) is 10.0 Å². The lowest BCUT2D eigenvalue weighted by Gasteiger charge is -2.06. The van der Waals surface area contributed by atoms with Gasteiger partial charge in [0.2, 0.25) is 10.0 Å². The summed E-state index contributed by atoms with van der Waals surface area (Å²) in [6.45, 7) is 0. The van der Waals surface area contributed by atoms with Crippen LogP contribution in [0.2, 0.25) is 0 Å². The normalized spacial score (nSPS) is 15.1. The first-order chi connectivity index (χ1) is 12.8. The molecule has 0 unspecified atom stereocenters. The molecule has 7 nitrogen and oxygen atoms in total. The summed E-state index contributed by atoms with van der Waals surface area (Å²) in [6, 6.07) is 12.3. The van der Waals surface area contributed by atoms with Crippen molar-refractivity contribution in [2.24, 2.45) is 4.40 Å². The summed E-state index contributed by atoms with van der Waals surface area (Å²) in [6.07, 6.45) is 3.32. The molecule has 144 valence electrons. The first-order valence-corrected chi connectivity index (χ1v) is 11.3. The first kappa shape index (κ1) is 19.5. The van der Waals surface area contributed by atoms with Crippen LogP contribution in [0.3, 0.4) is 0 Å². The van der Waals surface area contributed by atoms with Gasteiger partial charge in [-0.05, 0) is 54.8 Å². The van der Waals surface area contributed by atoms with E-state index >= 15 is 0 Å². The van der Waals surface area contributed by atoms with Crippen LogP contribution in [-0.2, 0) is 26.5 Å². The predicted octanol–water partition coefficient (Wildman–Crippen LogP) is 2.14. The van der Waals surface area contributed by atoms with Crippen LogP contribution in [0, 0.1) is 0 Å². The quantitative estimate of drug-likeness (QED) is 0.674. The van der Waals surface area contributed by atoms with Gasteiger partial charge in [-0.15, -0.1) is 0 Å². The summed E-state index contributed by atoms with van der Waals surface area (Å²) in [5, 5.41) is 0. The van der Waals surface area contributed by atoms with Gasteiger partial charge in [0.15, 0.2) is 0 Å². The molecular formula is C18H20N2O5S2. The van der Waals surface area contributed by atoms with Gasteiger partial charge < -0.3 is 4.74 Å². The van der Waals surface area contributed by atoms with Crippen molar-refractivity contribution in [1.82, 2.24) is 4.72 Å². The molecule has 1 N–H and O–H groups in total. The number of benzene rings is 2. The van der Waals surface area contributed by atoms with Crippen LogP contribution in [0.5, 0.6) is 5.75 Å². The maximum absolute atomic E-state index is 12.3. The Morgan fingerprint density at radius 3 is 2.15 bits per heavy atom. The Kier molecular flexibility index (Phi) is 5.64. The first-order valence-electron chi connectivity index (χ1n) is 8.34. The maximum Gasteiger partial charge on any atom is 0.281 e. The molecule has 0 radical (unpaired) electrons. The molecule has 0 aliphatic heterocycles. The average molecular weight is 409 g/mol. The smallest absolute Gasteiger partial charge is 0.281 e. The van der Waals surface area contributed by atoms with E-state index < -0.39 is 20.0 Å². The molecule has 0 amide bonds. The lowest BCUT2D eigenvalue weighted by Crippen LogP contribution is -2.25. The van der Waals surface area contributed by atoms with E-state index in [1.807, 2.05) is 12.1 Å². The van der Waals surface area contributed by atoms with Gasteiger partial charge in [0, 0.05) is 18.7 Å². The highest BCUT2D eigenvalue weighted by Crippen LogP contribution is 2.23. The summed E-state index contributed by atoms with van der Waals surface area (Å²) in [5.41, 5.74) is 0.891. The van der Waals surface area contributed by atoms with Gasteiger partial charge in [0.1, 0.15) is 5.75 Å². The second-order valence-corrected chi connectivity index (χ2v) is 9.53. The fraction of sp³-hybridized carbons (Fsp3) is 0.278. The molecule has 0 saturated heterocycles. The fourth-order valence-electron chi connectivity index (χ4n) is 2.34. The number of hydrogen-bond donors (Lipinski definition) is 1. The molecule has 3 rings (SSSR count). The molecule has 1 fully saturated rings. The highest BCUT2D eigenvalue weighted by atomic mass is 32.2. The molecule has 0 bridgehead atoms. The van der Waals surface area contributed by atoms with E-state index in [-0.39, 0.29) is 15.8 Å². The minimum Gasteiger partial charge on any atom is -0.497 e. The second-order valence-electron chi connectivity index (χ2n) is 6.18. The van der Waals surface area contributed by atoms with Gasteiger partial charge in [-0.25, -0.2) is 13.1 Å². The molecule has 2 aromatic carbocycles. The molecule has 27 heavy (non-hydrogen) atoms. The van der Waals surface area contributed by atoms with E-state index in [1.54, 1.807) is 19.2 Å². The zero-order valence-corrected chi connectivity index (χ0v) is 16.3. The van der Waals surface area contributed by atoms with Crippen LogP contribution in [0.4, 0.5) is 0 Å². The van der Waals surface area contributed by atoms with Gasteiger partial charge >= 0.3 is 0 Å². The number of sulfonamides is 2. The van der Waals surface area contributed by atoms with Crippen molar-refractivity contribution in [3.8, 4) is 5.75 Å². The molecular weight excluding hydrogens is 388 g/mol. The van der Waals surface area contributed by atoms with Crippen molar-refractivity contribution in [3.63, 3.8) is 0 Å². The third kappa shape index (κ3) is 5.15. The second kappa shape index (κ2) is 7.79. The van der Waals surface area contributed by atoms with Crippen LogP contribution < -0.4 is 9.46 Å². The molecule has 2 aromatic rings. The minimum atomic E-state index is -3.89. The van der Waals surface area contributed by atoms with Crippen LogP contribution in [0.25, 0.3) is 0 Å². The Bertz CT molecular complexity index is 1020. The zero-order chi connectivity index (χ0) is 19.5. The van der Waals surface area contributed by atoms with Crippen molar-refractivity contribution in [2.45, 2.75) is 35.1 Å². The van der Waals surface area contributed by atoms with Crippen LogP contribution in [-0.4, -0.2) is 36.2 Å². The fourth-order valence-corrected chi connectivity index (χ4v) is 4.52. The highest BCUT2D eigenvalue weighted by Gasteiger charge is 2.28. The Morgan fingerprint density at radius 2 is 1.59 bits per heavy atom. The summed E-state index contributed by atoms with van der Waals surface area (Å²) in [4.78, 5) is -0.0191. The van der Waals surface area contributed by atoms with Crippen molar-refractivity contribution in [2.75, 3.05) is 7.11 Å². The summed E-state index contributed by atoms with van der Waals surface area (Å²) in [7, 11) is -5.93. The van der Waals surface area contributed by atoms with Crippen molar-refractivity contribution >= 4 is 26.3 Å². The van der Waals surface area contributed by atoms with Crippen molar-refractivity contribution in [1.29, 1.82) is 0 Å². The number of ether oxygens (including phenoxy) is 1. The van der Waals surface area contributed by atoms with E-state index in [1.165, 1.54) is 30.5 Å². The summed E-state index contributed by atoms with van der Waals surface area (Å²) < 4.78 is 60.1. The highest BCUT2D eigenvalue weighted by molar-refractivity contribution is 7.90. The lowest BCUT2D eigenvalue weighted by atomic mass is 10.2. The van der Waals surface area contributed by atoms with Crippen molar-refractivity contribution < 1.29 is 21.6 Å². The molecule has 0 atom stereocenters. The van der Waals surface area contributed by atoms with E-state index in [0.29, 0.717) is 6.42 Å². The van der Waals surface area contributed by atoms with Crippen molar-refractivity contribution in [3.05, 3.63) is 54.1 Å². The number of methoxy groups -OCH3 is 1. The van der Waals surface area contributed by atoms with Crippen LogP contribution in [0.15, 0.2) is 62.7 Å². The Morgan fingerprint density at radius 1 is 1.00 bits per heavy atom. The van der Waals surface area contributed by atoms with Gasteiger partial charge in [-0.3, -0.25) is 0 Å². The topological polar surface area (TPSA) is 102 Å². The molecule has 9 heteroatoms. The third-order valence-corrected chi connectivity index (χ3v) is 6.86. The molecule has 0 heterocycles. The Balaban J connectivity index is 1.68. The molecule has 0 aromatic heterocycles. The number of rotatable bonds is 8. The lowest BCUT2D eigenvalue weighted by molar-refractivity contribution is 0.414. The maximum atomic E-state index is 12.3. The van der Waals surface area contributed by atoms with E-state index in [9.17, 15) is 16.8 Å². The standard InChI is InChI=1S/C18H20N2O5S2/c1-25-16-6-2-14(3-7-16)12-13-19-26(21,22)17-8-10-18(11-9-17)27(23,24)20-15-4-5-15/h2-3,6-11,13,15,20H,4-5,12H2,1H3/b19-13+. The number of hydrogen-bond acceptors (Lipinski definition) is 5.